The van der Waals surface area contributed by atoms with Crippen LogP contribution in [0.1, 0.15) is 51.7 Å². The van der Waals surface area contributed by atoms with Crippen molar-refractivity contribution in [2.24, 2.45) is 0 Å². The molecule has 14 aromatic rings. The molecule has 6 nitrogen and oxygen atoms in total. The summed E-state index contributed by atoms with van der Waals surface area (Å²) in [6, 6.07) is 85.9. The minimum Gasteiger partial charge on any atom is -0.458 e. The Balaban J connectivity index is 0.947. The lowest BCUT2D eigenvalue weighted by molar-refractivity contribution is 0.320. The van der Waals surface area contributed by atoms with E-state index in [1.165, 1.54) is 69.5 Å². The van der Waals surface area contributed by atoms with E-state index in [9.17, 15) is 0 Å². The van der Waals surface area contributed by atoms with E-state index in [0.717, 1.165) is 109 Å². The zero-order valence-corrected chi connectivity index (χ0v) is 48.3. The summed E-state index contributed by atoms with van der Waals surface area (Å²) in [7, 11) is 0. The average molecular weight is 1110 g/mol. The van der Waals surface area contributed by atoms with Crippen molar-refractivity contribution in [2.75, 3.05) is 9.80 Å². The Morgan fingerprint density at radius 1 is 0.376 bits per heavy atom. The summed E-state index contributed by atoms with van der Waals surface area (Å²) in [6.07, 6.45) is 2.18. The van der Waals surface area contributed by atoms with Crippen molar-refractivity contribution in [2.45, 2.75) is 51.4 Å². The van der Waals surface area contributed by atoms with Gasteiger partial charge in [0.25, 0.3) is 13.4 Å². The van der Waals surface area contributed by atoms with Crippen molar-refractivity contribution in [3.05, 3.63) is 242 Å². The molecule has 0 radical (unpaired) electrons. The molecule has 7 heterocycles. The first-order valence-electron chi connectivity index (χ1n) is 29.9. The van der Waals surface area contributed by atoms with Gasteiger partial charge in [0.05, 0.1) is 33.4 Å². The number of aromatic nitrogens is 2. The van der Waals surface area contributed by atoms with Gasteiger partial charge in [-0.2, -0.15) is 0 Å². The van der Waals surface area contributed by atoms with Crippen molar-refractivity contribution in [1.82, 2.24) is 9.13 Å². The molecule has 5 aliphatic rings. The van der Waals surface area contributed by atoms with Crippen LogP contribution >= 0.6 is 11.3 Å². The van der Waals surface area contributed by atoms with Crippen LogP contribution < -0.4 is 51.4 Å². The van der Waals surface area contributed by atoms with Crippen molar-refractivity contribution < 1.29 is 9.47 Å². The van der Waals surface area contributed by atoms with Crippen LogP contribution in [0.25, 0.3) is 65.1 Å². The second kappa shape index (κ2) is 17.0. The van der Waals surface area contributed by atoms with Gasteiger partial charge in [0, 0.05) is 88.2 Å². The smallest absolute Gasteiger partial charge is 0.268 e. The SMILES string of the molecule is CC1(C)CCC(C)(C)c2c1ccc1c2Oc2cc(-n3c4ccccc4c4ccccc43)cc3c2B1c1cc2c(cc1N3c1ccccc1)N(c1ccccc1)c1cc(-n3c4ccccc4c4ccccc43)cc3c1B2c1sc2ccccc2c1O3. The van der Waals surface area contributed by atoms with E-state index in [2.05, 4.69) is 277 Å². The van der Waals surface area contributed by atoms with Gasteiger partial charge >= 0.3 is 0 Å². The largest absolute Gasteiger partial charge is 0.458 e. The van der Waals surface area contributed by atoms with E-state index in [-0.39, 0.29) is 24.3 Å². The highest BCUT2D eigenvalue weighted by Crippen LogP contribution is 2.54. The van der Waals surface area contributed by atoms with Crippen molar-refractivity contribution >= 4 is 145 Å². The Hall–Kier alpha value is -9.69. The maximum Gasteiger partial charge on any atom is 0.268 e. The van der Waals surface area contributed by atoms with Crippen LogP contribution in [0.5, 0.6) is 23.0 Å². The summed E-state index contributed by atoms with van der Waals surface area (Å²) < 4.78 is 22.7. The van der Waals surface area contributed by atoms with E-state index in [1.807, 2.05) is 11.3 Å². The Morgan fingerprint density at radius 3 is 1.36 bits per heavy atom. The summed E-state index contributed by atoms with van der Waals surface area (Å²) in [5.41, 5.74) is 22.1. The number of hydrogen-bond donors (Lipinski definition) is 0. The van der Waals surface area contributed by atoms with Crippen LogP contribution in [-0.2, 0) is 10.8 Å². The topological polar surface area (TPSA) is 34.8 Å². The first-order chi connectivity index (χ1) is 41.7. The first kappa shape index (κ1) is 47.8. The van der Waals surface area contributed by atoms with Crippen LogP contribution in [0.15, 0.2) is 231 Å². The lowest BCUT2D eigenvalue weighted by atomic mass is 9.31. The Bertz CT molecular complexity index is 5140. The van der Waals surface area contributed by atoms with Crippen LogP contribution in [0.2, 0.25) is 0 Å². The number of hydrogen-bond acceptors (Lipinski definition) is 5. The number of nitrogens with zero attached hydrogens (tertiary/aromatic N) is 4. The maximum atomic E-state index is 7.83. The van der Waals surface area contributed by atoms with Crippen molar-refractivity contribution in [3.63, 3.8) is 0 Å². The standard InChI is InChI=1S/C76H54B2N4O2S/c1-75(2)37-38-76(3,4)69-54(75)35-36-55-73(69)84-66-41-47(81-58-30-16-11-25-49(58)50-26-12-17-31-59(50)81)39-64-70(66)77(55)56-43-57-63(44-62(56)79(64)45-21-7-5-8-22-45)80(46-23-9-6-10-24-46)65-40-48(82-60-32-18-13-27-51(60)52-28-14-19-33-61(52)82)42-67-71(65)78(57)74-72(83-67)53-29-15-20-34-68(53)85-74/h5-36,39-44H,37-38H2,1-4H3. The third kappa shape index (κ3) is 6.46. The predicted octanol–water partition coefficient (Wildman–Crippen LogP) is 16.3. The molecule has 19 rings (SSSR count). The summed E-state index contributed by atoms with van der Waals surface area (Å²) >= 11 is 1.87. The van der Waals surface area contributed by atoms with Gasteiger partial charge in [-0.3, -0.25) is 0 Å². The molecule has 4 aliphatic heterocycles. The summed E-state index contributed by atoms with van der Waals surface area (Å²) in [6.45, 7) is 9.42. The Kier molecular flexibility index (Phi) is 9.55. The van der Waals surface area contributed by atoms with Crippen LogP contribution in [-0.4, -0.2) is 22.6 Å². The highest BCUT2D eigenvalue weighted by molar-refractivity contribution is 7.33. The lowest BCUT2D eigenvalue weighted by Crippen LogP contribution is -2.63. The monoisotopic (exact) mass is 1110 g/mol. The van der Waals surface area contributed by atoms with Gasteiger partial charge in [0.1, 0.15) is 23.0 Å². The second-order valence-corrected chi connectivity index (χ2v) is 26.4. The van der Waals surface area contributed by atoms with Gasteiger partial charge in [-0.1, -0.05) is 167 Å². The van der Waals surface area contributed by atoms with Gasteiger partial charge in [-0.05, 0) is 135 Å². The van der Waals surface area contributed by atoms with Gasteiger partial charge < -0.3 is 28.4 Å². The fourth-order valence-corrected chi connectivity index (χ4v) is 17.2. The molecule has 9 heteroatoms. The molecule has 0 atom stereocenters. The summed E-state index contributed by atoms with van der Waals surface area (Å²) in [4.78, 5) is 5.09. The average Bonchev–Trinajstić information content (AvgIpc) is 1.11. The molecule has 85 heavy (non-hydrogen) atoms. The number of para-hydroxylation sites is 6. The molecule has 1 aliphatic carbocycles. The fraction of sp³-hybridized carbons (Fsp3) is 0.105. The Labute approximate surface area is 497 Å². The molecule has 0 unspecified atom stereocenters. The molecular formula is C76H54B2N4O2S. The summed E-state index contributed by atoms with van der Waals surface area (Å²) in [5.74, 6) is 3.75. The maximum absolute atomic E-state index is 7.83. The van der Waals surface area contributed by atoms with Crippen molar-refractivity contribution in [1.29, 1.82) is 0 Å². The molecular weight excluding hydrogens is 1050 g/mol. The molecule has 0 spiro atoms. The number of thiophene rings is 1. The molecule has 0 fully saturated rings. The first-order valence-corrected chi connectivity index (χ1v) is 30.7. The predicted molar refractivity (Wildman–Crippen MR) is 357 cm³/mol. The summed E-state index contributed by atoms with van der Waals surface area (Å²) in [5, 5.41) is 6.04. The van der Waals surface area contributed by atoms with E-state index in [1.54, 1.807) is 0 Å². The lowest BCUT2D eigenvalue weighted by Gasteiger charge is -2.46. The number of fused-ring (bicyclic) bond motifs is 18. The van der Waals surface area contributed by atoms with Crippen LogP contribution in [0.3, 0.4) is 0 Å². The van der Waals surface area contributed by atoms with E-state index < -0.39 is 0 Å². The number of ether oxygens (including phenoxy) is 2. The second-order valence-electron chi connectivity index (χ2n) is 25.3. The Morgan fingerprint density at radius 2 is 0.824 bits per heavy atom. The molecule has 0 bridgehead atoms. The van der Waals surface area contributed by atoms with Crippen LogP contribution in [0, 0.1) is 0 Å². The quantitative estimate of drug-likeness (QED) is 0.165. The third-order valence-corrected chi connectivity index (χ3v) is 21.0. The van der Waals surface area contributed by atoms with Crippen LogP contribution in [0.4, 0.5) is 34.1 Å². The molecule has 3 aromatic heterocycles. The van der Waals surface area contributed by atoms with Crippen molar-refractivity contribution in [3.8, 4) is 34.4 Å². The minimum atomic E-state index is -0.169. The zero-order valence-electron chi connectivity index (χ0n) is 47.5. The highest BCUT2D eigenvalue weighted by atomic mass is 32.1. The molecule has 0 saturated carbocycles. The fourth-order valence-electron chi connectivity index (χ4n) is 15.9. The molecule has 402 valence electrons. The van der Waals surface area contributed by atoms with Gasteiger partial charge in [0.2, 0.25) is 0 Å². The van der Waals surface area contributed by atoms with E-state index in [4.69, 9.17) is 9.47 Å². The number of rotatable bonds is 4. The van der Waals surface area contributed by atoms with E-state index in [0.29, 0.717) is 0 Å². The molecule has 11 aromatic carbocycles. The minimum absolute atomic E-state index is 0.0222. The number of benzene rings is 11. The molecule has 0 N–H and O–H groups in total. The molecule has 0 saturated heterocycles. The normalized spacial score (nSPS) is 15.5. The van der Waals surface area contributed by atoms with Gasteiger partial charge in [-0.25, -0.2) is 0 Å². The highest BCUT2D eigenvalue weighted by Gasteiger charge is 2.50. The number of anilines is 6. The molecule has 0 amide bonds. The van der Waals surface area contributed by atoms with Gasteiger partial charge in [-0.15, -0.1) is 11.3 Å². The third-order valence-electron chi connectivity index (χ3n) is 19.8. The zero-order chi connectivity index (χ0) is 56.2. The van der Waals surface area contributed by atoms with Gasteiger partial charge in [0.15, 0.2) is 0 Å². The van der Waals surface area contributed by atoms with E-state index >= 15 is 0 Å².